The average Bonchev–Trinajstić information content (AvgIpc) is 3.20. The molecule has 4 N–H and O–H groups in total. The fraction of sp³-hybridized carbons (Fsp3) is 0.0667. The number of nitrogens with two attached hydrogens (primary N) is 2. The maximum Gasteiger partial charge on any atom is 0.224 e. The lowest BCUT2D eigenvalue weighted by Crippen LogP contribution is -2.08. The van der Waals surface area contributed by atoms with E-state index in [2.05, 4.69) is 20.2 Å². The Balaban J connectivity index is 1.83. The molecule has 9 heteroatoms. The van der Waals surface area contributed by atoms with Gasteiger partial charge < -0.3 is 11.5 Å². The molecule has 0 aliphatic rings. The zero-order valence-corrected chi connectivity index (χ0v) is 12.5. The smallest absolute Gasteiger partial charge is 0.224 e. The second kappa shape index (κ2) is 5.30. The number of nitrogens with zero attached hydrogens (tertiary/aromatic N) is 6. The lowest BCUT2D eigenvalue weighted by molar-refractivity contribution is 0.590. The van der Waals surface area contributed by atoms with Crippen molar-refractivity contribution < 1.29 is 4.39 Å². The first-order chi connectivity index (χ1) is 11.6. The Kier molecular flexibility index (Phi) is 3.12. The van der Waals surface area contributed by atoms with Crippen molar-refractivity contribution in [1.29, 1.82) is 0 Å². The van der Waals surface area contributed by atoms with Crippen LogP contribution in [0.15, 0.2) is 42.9 Å². The van der Waals surface area contributed by atoms with Gasteiger partial charge in [-0.2, -0.15) is 20.2 Å². The minimum absolute atomic E-state index is 0.0903. The van der Waals surface area contributed by atoms with Crippen molar-refractivity contribution in [3.05, 3.63) is 54.2 Å². The fourth-order valence-electron chi connectivity index (χ4n) is 2.49. The van der Waals surface area contributed by atoms with Crippen LogP contribution >= 0.6 is 0 Å². The van der Waals surface area contributed by atoms with Gasteiger partial charge in [0.2, 0.25) is 5.95 Å². The molecule has 24 heavy (non-hydrogen) atoms. The van der Waals surface area contributed by atoms with Crippen molar-refractivity contribution in [3.8, 4) is 5.82 Å². The van der Waals surface area contributed by atoms with Gasteiger partial charge in [-0.3, -0.25) is 0 Å². The van der Waals surface area contributed by atoms with Gasteiger partial charge in [-0.1, -0.05) is 6.07 Å². The Labute approximate surface area is 135 Å². The molecule has 0 spiro atoms. The number of anilines is 2. The molecule has 0 atom stereocenters. The van der Waals surface area contributed by atoms with E-state index in [9.17, 15) is 4.39 Å². The van der Waals surface area contributed by atoms with Gasteiger partial charge in [0, 0.05) is 23.6 Å². The van der Waals surface area contributed by atoms with Crippen molar-refractivity contribution in [2.45, 2.75) is 6.54 Å². The summed E-state index contributed by atoms with van der Waals surface area (Å²) >= 11 is 0. The Bertz CT molecular complexity index is 1020. The van der Waals surface area contributed by atoms with Crippen LogP contribution in [-0.4, -0.2) is 29.5 Å². The summed E-state index contributed by atoms with van der Waals surface area (Å²) in [5.74, 6) is 0.215. The number of benzene rings is 1. The summed E-state index contributed by atoms with van der Waals surface area (Å²) in [6.07, 6.45) is 5.00. The summed E-state index contributed by atoms with van der Waals surface area (Å²) in [5.41, 5.74) is 12.7. The summed E-state index contributed by atoms with van der Waals surface area (Å²) in [5, 5.41) is 9.11. The van der Waals surface area contributed by atoms with E-state index in [0.717, 1.165) is 0 Å². The van der Waals surface area contributed by atoms with Crippen molar-refractivity contribution in [3.63, 3.8) is 0 Å². The Morgan fingerprint density at radius 3 is 2.75 bits per heavy atom. The van der Waals surface area contributed by atoms with Crippen LogP contribution in [0, 0.1) is 5.82 Å². The largest absolute Gasteiger partial charge is 0.399 e. The number of halogens is 1. The molecular formula is C15H13FN8. The predicted molar refractivity (Wildman–Crippen MR) is 86.8 cm³/mol. The molecule has 120 valence electrons. The van der Waals surface area contributed by atoms with Gasteiger partial charge in [-0.15, -0.1) is 0 Å². The minimum Gasteiger partial charge on any atom is -0.399 e. The van der Waals surface area contributed by atoms with Crippen LogP contribution in [0.25, 0.3) is 16.9 Å². The Hall–Kier alpha value is -3.49. The number of rotatable bonds is 3. The minimum atomic E-state index is -0.395. The summed E-state index contributed by atoms with van der Waals surface area (Å²) in [6.45, 7) is 0.199. The highest BCUT2D eigenvalue weighted by Crippen LogP contribution is 2.21. The van der Waals surface area contributed by atoms with Crippen LogP contribution < -0.4 is 11.5 Å². The maximum atomic E-state index is 14.0. The molecule has 8 nitrogen and oxygen atoms in total. The first kappa shape index (κ1) is 14.1. The van der Waals surface area contributed by atoms with Crippen LogP contribution in [-0.2, 0) is 6.54 Å². The van der Waals surface area contributed by atoms with Crippen LogP contribution in [0.3, 0.4) is 0 Å². The molecule has 4 rings (SSSR count). The summed E-state index contributed by atoms with van der Waals surface area (Å²) < 4.78 is 17.2. The van der Waals surface area contributed by atoms with Crippen LogP contribution in [0.2, 0.25) is 0 Å². The third-order valence-electron chi connectivity index (χ3n) is 3.61. The van der Waals surface area contributed by atoms with Crippen molar-refractivity contribution in [2.75, 3.05) is 11.5 Å². The van der Waals surface area contributed by atoms with Gasteiger partial charge >= 0.3 is 0 Å². The lowest BCUT2D eigenvalue weighted by Gasteiger charge is -2.07. The van der Waals surface area contributed by atoms with E-state index in [0.29, 0.717) is 28.1 Å². The quantitative estimate of drug-likeness (QED) is 0.550. The molecule has 0 radical (unpaired) electrons. The second-order valence-corrected chi connectivity index (χ2v) is 5.25. The fourth-order valence-corrected chi connectivity index (χ4v) is 2.49. The Morgan fingerprint density at radius 1 is 1.12 bits per heavy atom. The van der Waals surface area contributed by atoms with E-state index < -0.39 is 5.82 Å². The normalized spacial score (nSPS) is 11.2. The van der Waals surface area contributed by atoms with E-state index in [1.165, 1.54) is 6.07 Å². The molecule has 3 aromatic heterocycles. The third kappa shape index (κ3) is 2.32. The first-order valence-corrected chi connectivity index (χ1v) is 7.15. The summed E-state index contributed by atoms with van der Waals surface area (Å²) in [6, 6.07) is 6.32. The number of aromatic nitrogens is 6. The standard InChI is InChI=1S/C15H13FN8/c16-12-6-10(17)3-2-9(12)8-24-14-11(7-20-24)13(21-15(18)22-14)23-5-1-4-19-23/h1-7H,8,17H2,(H2,18,21,22). The molecule has 4 aromatic rings. The average molecular weight is 324 g/mol. The van der Waals surface area contributed by atoms with Crippen LogP contribution in [0.4, 0.5) is 16.0 Å². The molecule has 0 aliphatic carbocycles. The number of hydrogen-bond donors (Lipinski definition) is 2. The maximum absolute atomic E-state index is 14.0. The topological polar surface area (TPSA) is 113 Å². The molecule has 0 saturated carbocycles. The first-order valence-electron chi connectivity index (χ1n) is 7.15. The summed E-state index contributed by atoms with van der Waals surface area (Å²) in [7, 11) is 0. The van der Waals surface area contributed by atoms with Gasteiger partial charge in [0.25, 0.3) is 0 Å². The molecule has 3 heterocycles. The van der Waals surface area contributed by atoms with Gasteiger partial charge in [0.05, 0.1) is 18.1 Å². The van der Waals surface area contributed by atoms with E-state index >= 15 is 0 Å². The zero-order valence-electron chi connectivity index (χ0n) is 12.5. The highest BCUT2D eigenvalue weighted by Gasteiger charge is 2.15. The zero-order chi connectivity index (χ0) is 16.7. The molecule has 0 aliphatic heterocycles. The molecule has 0 unspecified atom stereocenters. The highest BCUT2D eigenvalue weighted by atomic mass is 19.1. The molecule has 1 aromatic carbocycles. The monoisotopic (exact) mass is 324 g/mol. The Morgan fingerprint density at radius 2 is 2.00 bits per heavy atom. The van der Waals surface area contributed by atoms with Crippen LogP contribution in [0.5, 0.6) is 0 Å². The van der Waals surface area contributed by atoms with Crippen molar-refractivity contribution in [1.82, 2.24) is 29.5 Å². The van der Waals surface area contributed by atoms with E-state index in [-0.39, 0.29) is 12.5 Å². The second-order valence-electron chi connectivity index (χ2n) is 5.25. The number of nitrogen functional groups attached to an aromatic ring is 2. The van der Waals surface area contributed by atoms with Gasteiger partial charge in [-0.05, 0) is 18.2 Å². The molecule has 0 amide bonds. The summed E-state index contributed by atoms with van der Waals surface area (Å²) in [4.78, 5) is 8.44. The van der Waals surface area contributed by atoms with E-state index in [1.807, 2.05) is 0 Å². The van der Waals surface area contributed by atoms with E-state index in [4.69, 9.17) is 11.5 Å². The van der Waals surface area contributed by atoms with Crippen molar-refractivity contribution >= 4 is 22.7 Å². The lowest BCUT2D eigenvalue weighted by atomic mass is 10.2. The SMILES string of the molecule is Nc1ccc(Cn2ncc3c(-n4cccn4)nc(N)nc32)c(F)c1. The number of hydrogen-bond acceptors (Lipinski definition) is 6. The van der Waals surface area contributed by atoms with Gasteiger partial charge in [0.15, 0.2) is 11.5 Å². The third-order valence-corrected chi connectivity index (χ3v) is 3.61. The molecule has 0 saturated heterocycles. The van der Waals surface area contributed by atoms with Crippen LogP contribution in [0.1, 0.15) is 5.56 Å². The number of fused-ring (bicyclic) bond motifs is 1. The molecule has 0 bridgehead atoms. The van der Waals surface area contributed by atoms with Gasteiger partial charge in [0.1, 0.15) is 5.82 Å². The van der Waals surface area contributed by atoms with Crippen molar-refractivity contribution in [2.24, 2.45) is 0 Å². The highest BCUT2D eigenvalue weighted by molar-refractivity contribution is 5.83. The molecule has 0 fully saturated rings. The predicted octanol–water partition coefficient (Wildman–Crippen LogP) is 1.36. The molecular weight excluding hydrogens is 311 g/mol. The van der Waals surface area contributed by atoms with Gasteiger partial charge in [-0.25, -0.2) is 13.8 Å². The van der Waals surface area contributed by atoms with E-state index in [1.54, 1.807) is 46.2 Å².